The second-order valence-electron chi connectivity index (χ2n) is 5.18. The van der Waals surface area contributed by atoms with E-state index in [9.17, 15) is 14.0 Å². The van der Waals surface area contributed by atoms with E-state index in [1.807, 2.05) is 13.8 Å². The molecule has 0 aliphatic heterocycles. The lowest BCUT2D eigenvalue weighted by atomic mass is 10.2. The minimum absolute atomic E-state index is 0.0484. The number of H-pyrrole nitrogens is 1. The third-order valence-corrected chi connectivity index (χ3v) is 2.90. The summed E-state index contributed by atoms with van der Waals surface area (Å²) in [7, 11) is 0. The van der Waals surface area contributed by atoms with Gasteiger partial charge in [0.1, 0.15) is 11.5 Å². The summed E-state index contributed by atoms with van der Waals surface area (Å²) in [5, 5.41) is 10.5. The van der Waals surface area contributed by atoms with Gasteiger partial charge in [0.25, 0.3) is 5.56 Å². The number of hydrogen-bond acceptors (Lipinski definition) is 4. The highest BCUT2D eigenvalue weighted by Gasteiger charge is 2.10. The van der Waals surface area contributed by atoms with Crippen LogP contribution < -0.4 is 10.9 Å². The van der Waals surface area contributed by atoms with Crippen molar-refractivity contribution < 1.29 is 9.18 Å². The van der Waals surface area contributed by atoms with E-state index < -0.39 is 11.4 Å². The topological polar surface area (TPSA) is 87.7 Å². The second-order valence-corrected chi connectivity index (χ2v) is 5.18. The minimum Gasteiger partial charge on any atom is -0.354 e. The maximum absolute atomic E-state index is 13.2. The summed E-state index contributed by atoms with van der Waals surface area (Å²) in [6.07, 6.45) is 0.361. The van der Waals surface area contributed by atoms with Gasteiger partial charge in [-0.15, -0.1) is 10.2 Å². The average Bonchev–Trinajstić information content (AvgIpc) is 2.45. The zero-order valence-electron chi connectivity index (χ0n) is 12.4. The minimum atomic E-state index is -0.424. The molecular weight excluding hydrogens is 287 g/mol. The van der Waals surface area contributed by atoms with Gasteiger partial charge in [0.05, 0.1) is 0 Å². The van der Waals surface area contributed by atoms with Crippen LogP contribution in [0.15, 0.2) is 29.1 Å². The van der Waals surface area contributed by atoms with Gasteiger partial charge in [-0.2, -0.15) is 0 Å². The Morgan fingerprint density at radius 3 is 2.77 bits per heavy atom. The third kappa shape index (κ3) is 4.21. The van der Waals surface area contributed by atoms with Crippen LogP contribution in [0.1, 0.15) is 26.0 Å². The molecule has 0 aliphatic carbocycles. The highest BCUT2D eigenvalue weighted by Crippen LogP contribution is 2.13. The number of nitrogens with zero attached hydrogens (tertiary/aromatic N) is 2. The molecule has 1 heterocycles. The molecule has 116 valence electrons. The summed E-state index contributed by atoms with van der Waals surface area (Å²) < 4.78 is 13.2. The van der Waals surface area contributed by atoms with Crippen LogP contribution in [0.2, 0.25) is 0 Å². The number of hydrogen-bond donors (Lipinski definition) is 2. The molecule has 1 aromatic heterocycles. The molecule has 0 saturated heterocycles. The molecule has 0 radical (unpaired) electrons. The molecular formula is C15H17FN4O2. The maximum Gasteiger partial charge on any atom is 0.273 e. The number of rotatable bonds is 5. The van der Waals surface area contributed by atoms with Gasteiger partial charge in [-0.1, -0.05) is 12.1 Å². The Labute approximate surface area is 126 Å². The Morgan fingerprint density at radius 2 is 2.14 bits per heavy atom. The van der Waals surface area contributed by atoms with Crippen LogP contribution in [0, 0.1) is 5.82 Å². The van der Waals surface area contributed by atoms with Crippen LogP contribution in [0.4, 0.5) is 4.39 Å². The molecule has 2 aromatic rings. The van der Waals surface area contributed by atoms with Crippen molar-refractivity contribution in [3.63, 3.8) is 0 Å². The quantitative estimate of drug-likeness (QED) is 0.874. The number of aryl methyl sites for hydroxylation is 1. The number of nitrogens with one attached hydrogen (secondary N) is 2. The van der Waals surface area contributed by atoms with Crippen LogP contribution in [0.3, 0.4) is 0 Å². The molecule has 0 fully saturated rings. The Morgan fingerprint density at radius 1 is 1.36 bits per heavy atom. The Hall–Kier alpha value is -2.57. The van der Waals surface area contributed by atoms with Gasteiger partial charge in [-0.05, 0) is 26.0 Å². The normalized spacial score (nSPS) is 10.7. The first-order chi connectivity index (χ1) is 10.5. The van der Waals surface area contributed by atoms with Gasteiger partial charge in [0.15, 0.2) is 5.82 Å². The first-order valence-electron chi connectivity index (χ1n) is 6.97. The fourth-order valence-corrected chi connectivity index (χ4v) is 1.92. The lowest BCUT2D eigenvalue weighted by Gasteiger charge is -2.07. The van der Waals surface area contributed by atoms with E-state index in [2.05, 4.69) is 20.5 Å². The largest absolute Gasteiger partial charge is 0.354 e. The summed E-state index contributed by atoms with van der Waals surface area (Å²) in [6, 6.07) is 5.76. The Balaban J connectivity index is 2.10. The molecule has 0 aliphatic rings. The second kappa shape index (κ2) is 6.93. The van der Waals surface area contributed by atoms with E-state index in [1.165, 1.54) is 18.2 Å². The Kier molecular flexibility index (Phi) is 4.98. The summed E-state index contributed by atoms with van der Waals surface area (Å²) in [5.41, 5.74) is 0.194. The number of amides is 1. The van der Waals surface area contributed by atoms with E-state index >= 15 is 0 Å². The van der Waals surface area contributed by atoms with Crippen molar-refractivity contribution in [3.05, 3.63) is 46.1 Å². The van der Waals surface area contributed by atoms with E-state index in [-0.39, 0.29) is 36.3 Å². The zero-order chi connectivity index (χ0) is 16.1. The zero-order valence-corrected chi connectivity index (χ0v) is 12.4. The molecule has 0 atom stereocenters. The van der Waals surface area contributed by atoms with Crippen LogP contribution >= 0.6 is 0 Å². The molecule has 2 N–H and O–H groups in total. The number of aromatic amines is 1. The van der Waals surface area contributed by atoms with Crippen molar-refractivity contribution in [2.45, 2.75) is 32.7 Å². The molecule has 6 nitrogen and oxygen atoms in total. The van der Waals surface area contributed by atoms with Crippen LogP contribution in [-0.4, -0.2) is 27.1 Å². The first-order valence-corrected chi connectivity index (χ1v) is 6.97. The number of halogens is 1. The van der Waals surface area contributed by atoms with E-state index in [1.54, 1.807) is 6.07 Å². The molecule has 0 bridgehead atoms. The lowest BCUT2D eigenvalue weighted by Crippen LogP contribution is -2.31. The maximum atomic E-state index is 13.2. The highest BCUT2D eigenvalue weighted by atomic mass is 19.1. The van der Waals surface area contributed by atoms with Crippen LogP contribution in [0.5, 0.6) is 0 Å². The van der Waals surface area contributed by atoms with Gasteiger partial charge < -0.3 is 10.3 Å². The number of aromatic nitrogens is 3. The van der Waals surface area contributed by atoms with Crippen molar-refractivity contribution in [2.24, 2.45) is 0 Å². The molecule has 2 rings (SSSR count). The van der Waals surface area contributed by atoms with Gasteiger partial charge in [0.2, 0.25) is 5.91 Å². The van der Waals surface area contributed by atoms with Gasteiger partial charge >= 0.3 is 0 Å². The lowest BCUT2D eigenvalue weighted by molar-refractivity contribution is -0.121. The van der Waals surface area contributed by atoms with Crippen molar-refractivity contribution >= 4 is 5.91 Å². The average molecular weight is 304 g/mol. The standard InChI is InChI=1S/C15H17FN4O2/c1-9(2)17-13(21)7-6-12-15(22)18-14(20-19-12)10-4-3-5-11(16)8-10/h3-5,8-9H,6-7H2,1-2H3,(H,17,21)(H,18,20,22). The summed E-state index contributed by atoms with van der Waals surface area (Å²) in [4.78, 5) is 26.1. The third-order valence-electron chi connectivity index (χ3n) is 2.90. The molecule has 1 aromatic carbocycles. The fourth-order valence-electron chi connectivity index (χ4n) is 1.92. The number of carbonyl (C=O) groups excluding carboxylic acids is 1. The molecule has 0 unspecified atom stereocenters. The van der Waals surface area contributed by atoms with Crippen LogP contribution in [0.25, 0.3) is 11.4 Å². The monoisotopic (exact) mass is 304 g/mol. The van der Waals surface area contributed by atoms with Gasteiger partial charge in [0, 0.05) is 24.4 Å². The molecule has 22 heavy (non-hydrogen) atoms. The first kappa shape index (κ1) is 15.8. The van der Waals surface area contributed by atoms with E-state index in [4.69, 9.17) is 0 Å². The molecule has 1 amide bonds. The van der Waals surface area contributed by atoms with Crippen LogP contribution in [-0.2, 0) is 11.2 Å². The molecule has 0 spiro atoms. The van der Waals surface area contributed by atoms with Gasteiger partial charge in [-0.25, -0.2) is 4.39 Å². The molecule has 7 heteroatoms. The summed E-state index contributed by atoms with van der Waals surface area (Å²) in [6.45, 7) is 3.72. The summed E-state index contributed by atoms with van der Waals surface area (Å²) >= 11 is 0. The van der Waals surface area contributed by atoms with Crippen molar-refractivity contribution in [2.75, 3.05) is 0 Å². The Bertz CT molecular complexity index is 727. The number of carbonyl (C=O) groups is 1. The highest BCUT2D eigenvalue weighted by molar-refractivity contribution is 5.76. The van der Waals surface area contributed by atoms with Crippen molar-refractivity contribution in [1.82, 2.24) is 20.5 Å². The smallest absolute Gasteiger partial charge is 0.273 e. The predicted molar refractivity (Wildman–Crippen MR) is 79.6 cm³/mol. The fraction of sp³-hybridized carbons (Fsp3) is 0.333. The van der Waals surface area contributed by atoms with Crippen molar-refractivity contribution in [1.29, 1.82) is 0 Å². The SMILES string of the molecule is CC(C)NC(=O)CCc1nnc(-c2cccc(F)c2)[nH]c1=O. The number of benzene rings is 1. The summed E-state index contributed by atoms with van der Waals surface area (Å²) in [5.74, 6) is -0.375. The van der Waals surface area contributed by atoms with E-state index in [0.717, 1.165) is 0 Å². The van der Waals surface area contributed by atoms with Gasteiger partial charge in [-0.3, -0.25) is 9.59 Å². The van der Waals surface area contributed by atoms with Crippen molar-refractivity contribution in [3.8, 4) is 11.4 Å². The molecule has 0 saturated carbocycles. The van der Waals surface area contributed by atoms with E-state index in [0.29, 0.717) is 5.56 Å². The predicted octanol–water partition coefficient (Wildman–Crippen LogP) is 1.43.